The van der Waals surface area contributed by atoms with Gasteiger partial charge in [-0.2, -0.15) is 0 Å². The van der Waals surface area contributed by atoms with Crippen molar-refractivity contribution in [3.63, 3.8) is 0 Å². The van der Waals surface area contributed by atoms with Gasteiger partial charge in [-0.25, -0.2) is 4.58 Å². The van der Waals surface area contributed by atoms with E-state index in [1.54, 1.807) is 5.71 Å². The SMILES string of the molecule is CN1/C(=C\CCCCC2=[N+](C)c3ccccc3C2(C)C)C(C)(C)c2ccccc21. The molecule has 2 aliphatic heterocycles. The van der Waals surface area contributed by atoms with Gasteiger partial charge in [0, 0.05) is 41.9 Å². The molecule has 2 nitrogen and oxygen atoms in total. The Morgan fingerprint density at radius 3 is 2.21 bits per heavy atom. The van der Waals surface area contributed by atoms with Gasteiger partial charge in [0.25, 0.3) is 0 Å². The van der Waals surface area contributed by atoms with Crippen LogP contribution in [0.2, 0.25) is 0 Å². The Morgan fingerprint density at radius 2 is 1.52 bits per heavy atom. The van der Waals surface area contributed by atoms with E-state index in [-0.39, 0.29) is 10.8 Å². The number of fused-ring (bicyclic) bond motifs is 2. The number of benzene rings is 2. The zero-order valence-corrected chi connectivity index (χ0v) is 18.9. The topological polar surface area (TPSA) is 6.25 Å². The maximum Gasteiger partial charge on any atom is 0.209 e. The Bertz CT molecular complexity index is 991. The first-order valence-electron chi connectivity index (χ1n) is 11.0. The van der Waals surface area contributed by atoms with E-state index >= 15 is 0 Å². The fourth-order valence-electron chi connectivity index (χ4n) is 5.54. The summed E-state index contributed by atoms with van der Waals surface area (Å²) in [4.78, 5) is 2.38. The first-order valence-corrected chi connectivity index (χ1v) is 11.0. The second-order valence-corrected chi connectivity index (χ2v) is 9.68. The molecule has 0 N–H and O–H groups in total. The van der Waals surface area contributed by atoms with Gasteiger partial charge < -0.3 is 4.90 Å². The molecule has 29 heavy (non-hydrogen) atoms. The van der Waals surface area contributed by atoms with E-state index in [0.717, 1.165) is 6.42 Å². The molecule has 0 bridgehead atoms. The van der Waals surface area contributed by atoms with Crippen LogP contribution in [-0.4, -0.2) is 24.4 Å². The number of likely N-dealkylation sites (N-methyl/N-ethyl adjacent to an activating group) is 1. The van der Waals surface area contributed by atoms with Crippen molar-refractivity contribution >= 4 is 17.1 Å². The van der Waals surface area contributed by atoms with Crippen LogP contribution >= 0.6 is 0 Å². The fourth-order valence-corrected chi connectivity index (χ4v) is 5.54. The van der Waals surface area contributed by atoms with Crippen LogP contribution in [0.1, 0.15) is 64.5 Å². The number of para-hydroxylation sites is 2. The summed E-state index contributed by atoms with van der Waals surface area (Å²) < 4.78 is 2.43. The van der Waals surface area contributed by atoms with Crippen molar-refractivity contribution in [2.75, 3.05) is 19.0 Å². The number of allylic oxidation sites excluding steroid dienone is 2. The van der Waals surface area contributed by atoms with Crippen LogP contribution in [0.25, 0.3) is 0 Å². The lowest BCUT2D eigenvalue weighted by Crippen LogP contribution is -2.28. The van der Waals surface area contributed by atoms with Crippen LogP contribution in [0.15, 0.2) is 60.3 Å². The van der Waals surface area contributed by atoms with E-state index in [0.29, 0.717) is 0 Å². The van der Waals surface area contributed by atoms with Crippen molar-refractivity contribution in [1.82, 2.24) is 0 Å². The minimum atomic E-state index is 0.0927. The lowest BCUT2D eigenvalue weighted by atomic mass is 9.80. The second kappa shape index (κ2) is 7.16. The molecule has 4 rings (SSSR count). The van der Waals surface area contributed by atoms with Gasteiger partial charge in [0.15, 0.2) is 5.71 Å². The quantitative estimate of drug-likeness (QED) is 0.416. The zero-order chi connectivity index (χ0) is 20.8. The third-order valence-corrected chi connectivity index (χ3v) is 7.21. The predicted octanol–water partition coefficient (Wildman–Crippen LogP) is 6.56. The second-order valence-electron chi connectivity index (χ2n) is 9.68. The molecule has 0 spiro atoms. The Labute approximate surface area is 176 Å². The summed E-state index contributed by atoms with van der Waals surface area (Å²) in [7, 11) is 4.45. The molecule has 0 radical (unpaired) electrons. The Balaban J connectivity index is 1.41. The first-order chi connectivity index (χ1) is 13.8. The van der Waals surface area contributed by atoms with Crippen LogP contribution in [0.5, 0.6) is 0 Å². The molecule has 2 aromatic carbocycles. The minimum absolute atomic E-state index is 0.0927. The summed E-state index contributed by atoms with van der Waals surface area (Å²) in [5.41, 5.74) is 8.86. The number of unbranched alkanes of at least 4 members (excludes halogenated alkanes) is 2. The summed E-state index contributed by atoms with van der Waals surface area (Å²) in [6.45, 7) is 9.45. The molecule has 0 atom stereocenters. The molecule has 0 aliphatic carbocycles. The van der Waals surface area contributed by atoms with Crippen LogP contribution in [0, 0.1) is 0 Å². The van der Waals surface area contributed by atoms with E-state index in [1.807, 2.05) is 0 Å². The summed E-state index contributed by atoms with van der Waals surface area (Å²) in [5, 5.41) is 0. The molecule has 152 valence electrons. The summed E-state index contributed by atoms with van der Waals surface area (Å²) in [6, 6.07) is 17.7. The van der Waals surface area contributed by atoms with Crippen LogP contribution < -0.4 is 4.90 Å². The van der Waals surface area contributed by atoms with E-state index in [9.17, 15) is 0 Å². The maximum absolute atomic E-state index is 2.48. The molecule has 0 saturated carbocycles. The third-order valence-electron chi connectivity index (χ3n) is 7.21. The van der Waals surface area contributed by atoms with Crippen LogP contribution in [0.3, 0.4) is 0 Å². The molecule has 0 fully saturated rings. The van der Waals surface area contributed by atoms with Gasteiger partial charge in [-0.1, -0.05) is 56.3 Å². The molecule has 2 aliphatic rings. The van der Waals surface area contributed by atoms with E-state index in [4.69, 9.17) is 0 Å². The predicted molar refractivity (Wildman–Crippen MR) is 125 cm³/mol. The van der Waals surface area contributed by atoms with E-state index in [2.05, 4.69) is 106 Å². The number of hydrogen-bond acceptors (Lipinski definition) is 1. The average Bonchev–Trinajstić information content (AvgIpc) is 3.02. The number of rotatable bonds is 5. The summed E-state index contributed by atoms with van der Waals surface area (Å²) >= 11 is 0. The highest BCUT2D eigenvalue weighted by molar-refractivity contribution is 5.95. The summed E-state index contributed by atoms with van der Waals surface area (Å²) in [5.74, 6) is 0. The fraction of sp³-hybridized carbons (Fsp3) is 0.444. The van der Waals surface area contributed by atoms with Gasteiger partial charge in [0.1, 0.15) is 7.05 Å². The molecule has 2 heterocycles. The number of anilines is 1. The smallest absolute Gasteiger partial charge is 0.209 e. The Kier molecular flexibility index (Phi) is 4.93. The van der Waals surface area contributed by atoms with Gasteiger partial charge in [0.2, 0.25) is 5.69 Å². The number of hydrogen-bond donors (Lipinski definition) is 0. The molecule has 2 heteroatoms. The third kappa shape index (κ3) is 3.13. The van der Waals surface area contributed by atoms with Crippen molar-refractivity contribution in [2.24, 2.45) is 0 Å². The minimum Gasteiger partial charge on any atom is -0.347 e. The van der Waals surface area contributed by atoms with Gasteiger partial charge >= 0.3 is 0 Å². The molecule has 0 saturated heterocycles. The monoisotopic (exact) mass is 387 g/mol. The van der Waals surface area contributed by atoms with Gasteiger partial charge in [-0.15, -0.1) is 0 Å². The van der Waals surface area contributed by atoms with Crippen molar-refractivity contribution in [1.29, 1.82) is 0 Å². The molecular formula is C27H35N2+. The molecule has 0 unspecified atom stereocenters. The summed E-state index contributed by atoms with van der Waals surface area (Å²) in [6.07, 6.45) is 7.25. The number of nitrogens with zero attached hydrogens (tertiary/aromatic N) is 2. The Hall–Kier alpha value is -2.35. The van der Waals surface area contributed by atoms with E-state index < -0.39 is 0 Å². The highest BCUT2D eigenvalue weighted by Crippen LogP contribution is 2.46. The lowest BCUT2D eigenvalue weighted by Gasteiger charge is -2.24. The highest BCUT2D eigenvalue weighted by atomic mass is 15.2. The van der Waals surface area contributed by atoms with Crippen molar-refractivity contribution < 1.29 is 4.58 Å². The Morgan fingerprint density at radius 1 is 0.862 bits per heavy atom. The molecular weight excluding hydrogens is 352 g/mol. The molecule has 0 aromatic heterocycles. The highest BCUT2D eigenvalue weighted by Gasteiger charge is 2.43. The van der Waals surface area contributed by atoms with Crippen molar-refractivity contribution in [3.8, 4) is 0 Å². The maximum atomic E-state index is 2.48. The zero-order valence-electron chi connectivity index (χ0n) is 18.9. The average molecular weight is 388 g/mol. The van der Waals surface area contributed by atoms with Crippen molar-refractivity contribution in [3.05, 3.63) is 71.4 Å². The van der Waals surface area contributed by atoms with Crippen molar-refractivity contribution in [2.45, 2.75) is 64.2 Å². The molecule has 0 amide bonds. The van der Waals surface area contributed by atoms with E-state index in [1.165, 1.54) is 47.5 Å². The van der Waals surface area contributed by atoms with Gasteiger partial charge in [0.05, 0.1) is 5.41 Å². The largest absolute Gasteiger partial charge is 0.347 e. The van der Waals surface area contributed by atoms with Crippen LogP contribution in [-0.2, 0) is 10.8 Å². The molecule has 2 aromatic rings. The lowest BCUT2D eigenvalue weighted by molar-refractivity contribution is -0.404. The van der Waals surface area contributed by atoms with Gasteiger partial charge in [-0.3, -0.25) is 0 Å². The standard InChI is InChI=1S/C27H35N2/c1-26(2)20-14-10-12-16-22(20)28(5)24(26)18-8-7-9-19-25-27(3,4)21-15-11-13-17-23(21)29(25)6/h10-18H,7-9,19H2,1-6H3/q+1/b24-18-. The van der Waals surface area contributed by atoms with Gasteiger partial charge in [-0.05, 0) is 44.7 Å². The normalized spacial score (nSPS) is 20.3. The first kappa shape index (κ1) is 19.9. The van der Waals surface area contributed by atoms with Crippen LogP contribution in [0.4, 0.5) is 11.4 Å².